The number of nitrogens with one attached hydrogen (secondary N) is 1. The van der Waals surface area contributed by atoms with Gasteiger partial charge >= 0.3 is 12.2 Å². The monoisotopic (exact) mass is 308 g/mol. The van der Waals surface area contributed by atoms with Gasteiger partial charge in [-0.2, -0.15) is 13.2 Å². The first-order chi connectivity index (χ1) is 9.47. The van der Waals surface area contributed by atoms with Crippen molar-refractivity contribution >= 4 is 17.4 Å². The van der Waals surface area contributed by atoms with E-state index in [0.29, 0.717) is 13.0 Å². The van der Waals surface area contributed by atoms with Crippen molar-refractivity contribution in [2.24, 2.45) is 0 Å². The number of ether oxygens (including phenoxy) is 1. The van der Waals surface area contributed by atoms with Gasteiger partial charge in [-0.25, -0.2) is 4.79 Å². The van der Waals surface area contributed by atoms with E-state index in [9.17, 15) is 18.0 Å². The van der Waals surface area contributed by atoms with E-state index in [0.717, 1.165) is 9.78 Å². The molecule has 1 aromatic rings. The summed E-state index contributed by atoms with van der Waals surface area (Å²) in [6, 6.07) is 3.39. The van der Waals surface area contributed by atoms with Crippen molar-refractivity contribution in [3.05, 3.63) is 22.4 Å². The van der Waals surface area contributed by atoms with Crippen LogP contribution in [0.4, 0.5) is 18.0 Å². The number of morpholine rings is 1. The summed E-state index contributed by atoms with van der Waals surface area (Å²) >= 11 is 1.58. The van der Waals surface area contributed by atoms with E-state index < -0.39 is 24.9 Å². The predicted octanol–water partition coefficient (Wildman–Crippen LogP) is 2.26. The number of alkyl halides is 3. The molecule has 1 saturated heterocycles. The van der Waals surface area contributed by atoms with Crippen molar-refractivity contribution in [3.8, 4) is 0 Å². The van der Waals surface area contributed by atoms with Gasteiger partial charge in [-0.15, -0.1) is 11.3 Å². The predicted molar refractivity (Wildman–Crippen MR) is 68.8 cm³/mol. The molecule has 1 aromatic heterocycles. The molecule has 1 atom stereocenters. The third kappa shape index (κ3) is 4.11. The van der Waals surface area contributed by atoms with Crippen LogP contribution in [-0.2, 0) is 11.2 Å². The molecule has 0 radical (unpaired) electrons. The van der Waals surface area contributed by atoms with Gasteiger partial charge < -0.3 is 15.0 Å². The highest BCUT2D eigenvalue weighted by Crippen LogP contribution is 2.25. The van der Waals surface area contributed by atoms with Crippen molar-refractivity contribution < 1.29 is 22.7 Å². The van der Waals surface area contributed by atoms with Crippen molar-refractivity contribution in [2.75, 3.05) is 26.2 Å². The van der Waals surface area contributed by atoms with E-state index in [-0.39, 0.29) is 13.2 Å². The normalized spacial score (nSPS) is 19.9. The lowest BCUT2D eigenvalue weighted by atomic mass is 10.2. The molecular formula is C12H15F3N2O2S. The molecule has 1 aliphatic heterocycles. The SMILES string of the molecule is O=C(NCCc1cccs1)N1CCOC(C(F)(F)F)C1. The molecule has 2 rings (SSSR count). The minimum absolute atomic E-state index is 0.0947. The number of amides is 2. The van der Waals surface area contributed by atoms with Crippen LogP contribution < -0.4 is 5.32 Å². The van der Waals surface area contributed by atoms with Crippen LogP contribution in [0.15, 0.2) is 17.5 Å². The Balaban J connectivity index is 1.77. The first kappa shape index (κ1) is 15.1. The summed E-state index contributed by atoms with van der Waals surface area (Å²) in [5.74, 6) is 0. The minimum Gasteiger partial charge on any atom is -0.365 e. The lowest BCUT2D eigenvalue weighted by molar-refractivity contribution is -0.233. The molecule has 4 nitrogen and oxygen atoms in total. The highest BCUT2D eigenvalue weighted by atomic mass is 32.1. The number of rotatable bonds is 3. The van der Waals surface area contributed by atoms with Crippen LogP contribution in [-0.4, -0.2) is 49.5 Å². The van der Waals surface area contributed by atoms with Crippen molar-refractivity contribution in [3.63, 3.8) is 0 Å². The molecule has 112 valence electrons. The minimum atomic E-state index is -4.43. The average molecular weight is 308 g/mol. The van der Waals surface area contributed by atoms with E-state index in [1.807, 2.05) is 17.5 Å². The molecule has 2 amide bonds. The highest BCUT2D eigenvalue weighted by Gasteiger charge is 2.44. The van der Waals surface area contributed by atoms with Gasteiger partial charge in [-0.3, -0.25) is 0 Å². The number of hydrogen-bond donors (Lipinski definition) is 1. The Morgan fingerprint density at radius 2 is 2.35 bits per heavy atom. The van der Waals surface area contributed by atoms with Crippen LogP contribution in [0.2, 0.25) is 0 Å². The maximum atomic E-state index is 12.5. The zero-order valence-corrected chi connectivity index (χ0v) is 11.5. The molecule has 0 bridgehead atoms. The molecule has 0 saturated carbocycles. The molecule has 0 aliphatic carbocycles. The van der Waals surface area contributed by atoms with Crippen LogP contribution in [0, 0.1) is 0 Å². The van der Waals surface area contributed by atoms with Crippen LogP contribution in [0.3, 0.4) is 0 Å². The maximum Gasteiger partial charge on any atom is 0.416 e. The first-order valence-corrected chi connectivity index (χ1v) is 7.08. The zero-order valence-electron chi connectivity index (χ0n) is 10.7. The standard InChI is InChI=1S/C12H15F3N2O2S/c13-12(14,15)10-8-17(5-6-19-10)11(18)16-4-3-9-2-1-7-20-9/h1-2,7,10H,3-6,8H2,(H,16,18). The van der Waals surface area contributed by atoms with Crippen LogP contribution in [0.1, 0.15) is 4.88 Å². The fraction of sp³-hybridized carbons (Fsp3) is 0.583. The number of carbonyl (C=O) groups is 1. The molecular weight excluding hydrogens is 293 g/mol. The molecule has 1 aliphatic rings. The van der Waals surface area contributed by atoms with Gasteiger partial charge in [-0.1, -0.05) is 6.07 Å². The van der Waals surface area contributed by atoms with Crippen molar-refractivity contribution in [1.82, 2.24) is 10.2 Å². The van der Waals surface area contributed by atoms with E-state index >= 15 is 0 Å². The third-order valence-electron chi connectivity index (χ3n) is 2.95. The molecule has 0 aromatic carbocycles. The van der Waals surface area contributed by atoms with Gasteiger partial charge in [0.2, 0.25) is 0 Å². The summed E-state index contributed by atoms with van der Waals surface area (Å²) in [4.78, 5) is 14.1. The largest absolute Gasteiger partial charge is 0.416 e. The number of halogens is 3. The second-order valence-corrected chi connectivity index (χ2v) is 5.44. The first-order valence-electron chi connectivity index (χ1n) is 6.20. The summed E-state index contributed by atoms with van der Waals surface area (Å²) in [7, 11) is 0. The Morgan fingerprint density at radius 3 is 3.00 bits per heavy atom. The molecule has 1 unspecified atom stereocenters. The van der Waals surface area contributed by atoms with E-state index in [1.54, 1.807) is 11.3 Å². The Hall–Kier alpha value is -1.28. The van der Waals surface area contributed by atoms with Gasteiger partial charge in [0.05, 0.1) is 13.2 Å². The Morgan fingerprint density at radius 1 is 1.55 bits per heavy atom. The second kappa shape index (κ2) is 6.45. The highest BCUT2D eigenvalue weighted by molar-refractivity contribution is 7.09. The van der Waals surface area contributed by atoms with E-state index in [1.165, 1.54) is 0 Å². The Labute approximate surface area is 118 Å². The second-order valence-electron chi connectivity index (χ2n) is 4.41. The van der Waals surface area contributed by atoms with Crippen molar-refractivity contribution in [1.29, 1.82) is 0 Å². The van der Waals surface area contributed by atoms with Crippen LogP contribution in [0.25, 0.3) is 0 Å². The Bertz CT molecular complexity index is 436. The molecule has 8 heteroatoms. The van der Waals surface area contributed by atoms with Gasteiger partial charge in [0.1, 0.15) is 0 Å². The molecule has 1 N–H and O–H groups in total. The van der Waals surface area contributed by atoms with Gasteiger partial charge in [0, 0.05) is 18.0 Å². The molecule has 0 spiro atoms. The molecule has 2 heterocycles. The lowest BCUT2D eigenvalue weighted by Crippen LogP contribution is -2.53. The van der Waals surface area contributed by atoms with Crippen molar-refractivity contribution in [2.45, 2.75) is 18.7 Å². The molecule has 1 fully saturated rings. The van der Waals surface area contributed by atoms with E-state index in [2.05, 4.69) is 10.1 Å². The maximum absolute atomic E-state index is 12.5. The Kier molecular flexibility index (Phi) is 4.87. The zero-order chi connectivity index (χ0) is 14.6. The number of carbonyl (C=O) groups excluding carboxylic acids is 1. The topological polar surface area (TPSA) is 41.6 Å². The van der Waals surface area contributed by atoms with Gasteiger partial charge in [0.15, 0.2) is 6.10 Å². The third-order valence-corrected chi connectivity index (χ3v) is 3.88. The number of hydrogen-bond acceptors (Lipinski definition) is 3. The quantitative estimate of drug-likeness (QED) is 0.930. The average Bonchev–Trinajstić information content (AvgIpc) is 2.91. The summed E-state index contributed by atoms with van der Waals surface area (Å²) < 4.78 is 42.2. The number of urea groups is 1. The summed E-state index contributed by atoms with van der Waals surface area (Å²) in [5.41, 5.74) is 0. The fourth-order valence-corrected chi connectivity index (χ4v) is 2.60. The van der Waals surface area contributed by atoms with Crippen LogP contribution >= 0.6 is 11.3 Å². The summed E-state index contributed by atoms with van der Waals surface area (Å²) in [6.45, 7) is 0.0433. The summed E-state index contributed by atoms with van der Waals surface area (Å²) in [6.07, 6.45) is -5.65. The summed E-state index contributed by atoms with van der Waals surface area (Å²) in [5, 5.41) is 4.57. The molecule has 20 heavy (non-hydrogen) atoms. The fourth-order valence-electron chi connectivity index (χ4n) is 1.89. The number of thiophene rings is 1. The van der Waals surface area contributed by atoms with E-state index in [4.69, 9.17) is 0 Å². The van der Waals surface area contributed by atoms with Gasteiger partial charge in [-0.05, 0) is 17.9 Å². The lowest BCUT2D eigenvalue weighted by Gasteiger charge is -2.33. The van der Waals surface area contributed by atoms with Gasteiger partial charge in [0.25, 0.3) is 0 Å². The number of nitrogens with zero attached hydrogens (tertiary/aromatic N) is 1. The smallest absolute Gasteiger partial charge is 0.365 e. The van der Waals surface area contributed by atoms with Crippen LogP contribution in [0.5, 0.6) is 0 Å².